The maximum atomic E-state index is 14.1. The number of rotatable bonds is 10. The first kappa shape index (κ1) is 30.2. The molecule has 0 saturated carbocycles. The molecule has 5 rings (SSSR count). The van der Waals surface area contributed by atoms with Crippen LogP contribution in [0.5, 0.6) is 11.6 Å². The molecule has 4 aromatic rings. The average Bonchev–Trinajstić information content (AvgIpc) is 3.39. The molecule has 0 bridgehead atoms. The van der Waals surface area contributed by atoms with E-state index in [4.69, 9.17) is 4.74 Å². The lowest BCUT2D eigenvalue weighted by Crippen LogP contribution is -2.45. The van der Waals surface area contributed by atoms with Gasteiger partial charge in [0.25, 0.3) is 0 Å². The molecule has 0 aliphatic carbocycles. The molecule has 1 aliphatic heterocycles. The van der Waals surface area contributed by atoms with E-state index in [9.17, 15) is 18.0 Å². The number of carbonyl (C=O) groups excluding carboxylic acids is 1. The molecule has 9 nitrogen and oxygen atoms in total. The van der Waals surface area contributed by atoms with Crippen molar-refractivity contribution in [2.75, 3.05) is 38.0 Å². The summed E-state index contributed by atoms with van der Waals surface area (Å²) in [5.41, 5.74) is 0.927. The zero-order valence-electron chi connectivity index (χ0n) is 24.4. The molecule has 0 spiro atoms. The van der Waals surface area contributed by atoms with E-state index >= 15 is 0 Å². The van der Waals surface area contributed by atoms with E-state index in [1.165, 1.54) is 12.4 Å². The number of halogens is 3. The number of benzene rings is 2. The predicted molar refractivity (Wildman–Crippen MR) is 157 cm³/mol. The molecular weight excluding hydrogens is 559 g/mol. The van der Waals surface area contributed by atoms with Crippen molar-refractivity contribution in [3.63, 3.8) is 0 Å². The number of likely N-dealkylation sites (N-methyl/N-ethyl adjacent to an activating group) is 1. The van der Waals surface area contributed by atoms with Gasteiger partial charge in [-0.1, -0.05) is 31.2 Å². The number of nitrogens with zero attached hydrogens (tertiary/aromatic N) is 6. The van der Waals surface area contributed by atoms with Gasteiger partial charge < -0.3 is 15.0 Å². The number of hydrogen-bond donors (Lipinski definition) is 1. The van der Waals surface area contributed by atoms with E-state index in [2.05, 4.69) is 32.2 Å². The van der Waals surface area contributed by atoms with Gasteiger partial charge in [0.1, 0.15) is 17.9 Å². The molecule has 1 aliphatic rings. The van der Waals surface area contributed by atoms with Crippen LogP contribution in [0.4, 0.5) is 24.8 Å². The normalized spacial score (nSPS) is 14.6. The van der Waals surface area contributed by atoms with Crippen molar-refractivity contribution in [1.82, 2.24) is 29.5 Å². The highest BCUT2D eigenvalue weighted by atomic mass is 19.4. The number of ketones is 1. The molecule has 43 heavy (non-hydrogen) atoms. The van der Waals surface area contributed by atoms with Crippen molar-refractivity contribution >= 4 is 17.4 Å². The summed E-state index contributed by atoms with van der Waals surface area (Å²) in [7, 11) is 1.80. The maximum Gasteiger partial charge on any atom is 0.416 e. The van der Waals surface area contributed by atoms with Gasteiger partial charge in [0.15, 0.2) is 11.6 Å². The van der Waals surface area contributed by atoms with Crippen LogP contribution in [0.3, 0.4) is 0 Å². The minimum Gasteiger partial charge on any atom is -0.439 e. The summed E-state index contributed by atoms with van der Waals surface area (Å²) < 4.78 is 49.8. The molecule has 3 heterocycles. The molecule has 0 amide bonds. The Morgan fingerprint density at radius 2 is 1.74 bits per heavy atom. The van der Waals surface area contributed by atoms with Gasteiger partial charge in [-0.05, 0) is 42.3 Å². The first-order chi connectivity index (χ1) is 20.6. The Morgan fingerprint density at radius 3 is 2.44 bits per heavy atom. The number of aromatic nitrogens is 4. The highest BCUT2D eigenvalue weighted by Crippen LogP contribution is 2.34. The third-order valence-electron chi connectivity index (χ3n) is 7.49. The summed E-state index contributed by atoms with van der Waals surface area (Å²) in [4.78, 5) is 25.9. The van der Waals surface area contributed by atoms with Gasteiger partial charge in [-0.2, -0.15) is 18.3 Å². The zero-order valence-corrected chi connectivity index (χ0v) is 24.4. The Labute approximate surface area is 248 Å². The number of ether oxygens (including phenoxy) is 1. The highest BCUT2D eigenvalue weighted by molar-refractivity contribution is 5.98. The molecule has 12 heteroatoms. The van der Waals surface area contributed by atoms with Crippen molar-refractivity contribution in [3.8, 4) is 11.6 Å². The van der Waals surface area contributed by atoms with E-state index in [1.807, 2.05) is 11.8 Å². The summed E-state index contributed by atoms with van der Waals surface area (Å²) in [5.74, 6) is 1.42. The second-order valence-corrected chi connectivity index (χ2v) is 10.6. The molecule has 0 radical (unpaired) electrons. The fourth-order valence-corrected chi connectivity index (χ4v) is 5.00. The zero-order chi connectivity index (χ0) is 30.6. The van der Waals surface area contributed by atoms with Crippen LogP contribution in [0, 0.1) is 6.92 Å². The summed E-state index contributed by atoms with van der Waals surface area (Å²) in [6.45, 7) is 8.19. The standard InChI is InChI=1S/C31H34F3N7O2/c1-4-40-11-13-41(14-12-40)19-24-8-6-22(15-25(24)31(32,33)34)16-26(42)23-7-5-21(2)27(17-23)43-30-18-29(35-20-36-30)37-28-9-10-39(3)38-28/h5-10,15,17-18,20H,4,11-14,16,19H2,1-3H3,(H,35,36,37,38). The van der Waals surface area contributed by atoms with Crippen LogP contribution in [0.15, 0.2) is 61.1 Å². The SMILES string of the molecule is CCN1CCN(Cc2ccc(CC(=O)c3ccc(C)c(Oc4cc(Nc5ccn(C)n5)ncn4)c3)cc2C(F)(F)F)CC1. The Morgan fingerprint density at radius 1 is 0.977 bits per heavy atom. The molecular formula is C31H34F3N7O2. The summed E-state index contributed by atoms with van der Waals surface area (Å²) in [6.07, 6.45) is -1.56. The van der Waals surface area contributed by atoms with Crippen molar-refractivity contribution in [2.24, 2.45) is 7.05 Å². The van der Waals surface area contributed by atoms with E-state index < -0.39 is 11.7 Å². The number of anilines is 2. The van der Waals surface area contributed by atoms with Gasteiger partial charge in [-0.3, -0.25) is 14.4 Å². The number of aryl methyl sites for hydroxylation is 2. The van der Waals surface area contributed by atoms with Gasteiger partial charge in [-0.25, -0.2) is 9.97 Å². The third-order valence-corrected chi connectivity index (χ3v) is 7.49. The monoisotopic (exact) mass is 593 g/mol. The lowest BCUT2D eigenvalue weighted by Gasteiger charge is -2.34. The van der Waals surface area contributed by atoms with Crippen LogP contribution >= 0.6 is 0 Å². The highest BCUT2D eigenvalue weighted by Gasteiger charge is 2.34. The summed E-state index contributed by atoms with van der Waals surface area (Å²) >= 11 is 0. The van der Waals surface area contributed by atoms with Gasteiger partial charge >= 0.3 is 6.18 Å². The van der Waals surface area contributed by atoms with Crippen molar-refractivity contribution in [2.45, 2.75) is 33.0 Å². The quantitative estimate of drug-likeness (QED) is 0.237. The lowest BCUT2D eigenvalue weighted by atomic mass is 9.97. The van der Waals surface area contributed by atoms with Gasteiger partial charge in [0.05, 0.1) is 5.56 Å². The second-order valence-electron chi connectivity index (χ2n) is 10.6. The van der Waals surface area contributed by atoms with Crippen LogP contribution < -0.4 is 10.1 Å². The fourth-order valence-electron chi connectivity index (χ4n) is 5.00. The Kier molecular flexibility index (Phi) is 9.07. The lowest BCUT2D eigenvalue weighted by molar-refractivity contribution is -0.138. The molecule has 0 unspecified atom stereocenters. The van der Waals surface area contributed by atoms with Crippen LogP contribution in [0.25, 0.3) is 0 Å². The maximum absolute atomic E-state index is 14.1. The number of hydrogen-bond acceptors (Lipinski definition) is 8. The van der Waals surface area contributed by atoms with Gasteiger partial charge in [-0.15, -0.1) is 0 Å². The molecule has 1 fully saturated rings. The van der Waals surface area contributed by atoms with Gasteiger partial charge in [0, 0.05) is 70.1 Å². The predicted octanol–water partition coefficient (Wildman–Crippen LogP) is 5.64. The van der Waals surface area contributed by atoms with E-state index in [0.717, 1.165) is 44.4 Å². The Balaban J connectivity index is 1.29. The topological polar surface area (TPSA) is 88.4 Å². The smallest absolute Gasteiger partial charge is 0.416 e. The molecule has 2 aromatic heterocycles. The van der Waals surface area contributed by atoms with Gasteiger partial charge in [0.2, 0.25) is 5.88 Å². The Bertz CT molecular complexity index is 1580. The number of piperazine rings is 1. The van der Waals surface area contributed by atoms with Crippen LogP contribution in [0.2, 0.25) is 0 Å². The fraction of sp³-hybridized carbons (Fsp3) is 0.355. The van der Waals surface area contributed by atoms with Crippen LogP contribution in [0.1, 0.15) is 39.5 Å². The summed E-state index contributed by atoms with van der Waals surface area (Å²) in [6, 6.07) is 12.6. The van der Waals surface area contributed by atoms with Crippen molar-refractivity contribution in [1.29, 1.82) is 0 Å². The number of Topliss-reactive ketones (excluding diaryl/α,β-unsaturated/α-hetero) is 1. The van der Waals surface area contributed by atoms with Crippen LogP contribution in [-0.2, 0) is 26.2 Å². The largest absolute Gasteiger partial charge is 0.439 e. The average molecular weight is 594 g/mol. The Hall–Kier alpha value is -4.29. The van der Waals surface area contributed by atoms with Crippen LogP contribution in [-0.4, -0.2) is 68.1 Å². The minimum absolute atomic E-state index is 0.174. The number of carbonyl (C=O) groups is 1. The molecule has 1 N–H and O–H groups in total. The molecule has 2 aromatic carbocycles. The first-order valence-corrected chi connectivity index (χ1v) is 14.1. The molecule has 1 saturated heterocycles. The number of nitrogens with one attached hydrogen (secondary N) is 1. The van der Waals surface area contributed by atoms with E-state index in [-0.39, 0.29) is 30.2 Å². The third kappa shape index (κ3) is 7.76. The van der Waals surface area contributed by atoms with E-state index in [1.54, 1.807) is 54.3 Å². The molecule has 0 atom stereocenters. The minimum atomic E-state index is -4.52. The van der Waals surface area contributed by atoms with Crippen molar-refractivity contribution < 1.29 is 22.7 Å². The van der Waals surface area contributed by atoms with Crippen molar-refractivity contribution in [3.05, 3.63) is 88.9 Å². The number of alkyl halides is 3. The summed E-state index contributed by atoms with van der Waals surface area (Å²) in [5, 5.41) is 7.32. The molecule has 226 valence electrons. The second kappa shape index (κ2) is 12.9. The van der Waals surface area contributed by atoms with E-state index in [0.29, 0.717) is 28.5 Å². The first-order valence-electron chi connectivity index (χ1n) is 14.1.